The molecule has 1 aromatic carbocycles. The number of rotatable bonds is 6. The lowest BCUT2D eigenvalue weighted by Gasteiger charge is -2.13. The van der Waals surface area contributed by atoms with Crippen LogP contribution in [-0.4, -0.2) is 37.1 Å². The summed E-state index contributed by atoms with van der Waals surface area (Å²) in [6.45, 7) is 1.77. The normalized spacial score (nSPS) is 12.6. The minimum atomic E-state index is -4.69. The molecule has 1 atom stereocenters. The summed E-state index contributed by atoms with van der Waals surface area (Å²) in [4.78, 5) is 20.7. The number of alkyl halides is 3. The molecule has 12 heteroatoms. The monoisotopic (exact) mass is 504 g/mol. The molecule has 4 rings (SSSR count). The number of fused-ring (bicyclic) bond motifs is 1. The van der Waals surface area contributed by atoms with Crippen molar-refractivity contribution in [2.75, 3.05) is 12.3 Å². The van der Waals surface area contributed by atoms with Crippen molar-refractivity contribution in [3.05, 3.63) is 76.3 Å². The summed E-state index contributed by atoms with van der Waals surface area (Å²) in [6, 6.07) is 9.05. The Bertz CT molecular complexity index is 1390. The van der Waals surface area contributed by atoms with Crippen LogP contribution in [0.25, 0.3) is 16.8 Å². The van der Waals surface area contributed by atoms with Gasteiger partial charge in [-0.3, -0.25) is 9.78 Å². The van der Waals surface area contributed by atoms with Crippen molar-refractivity contribution in [1.82, 2.24) is 24.9 Å². The maximum Gasteiger partial charge on any atom is 0.418 e. The number of benzene rings is 1. The number of aryl methyl sites for hydroxylation is 1. The highest BCUT2D eigenvalue weighted by Gasteiger charge is 2.36. The number of hydrogen-bond donors (Lipinski definition) is 3. The Hall–Kier alpha value is -3.70. The van der Waals surface area contributed by atoms with E-state index in [1.807, 2.05) is 0 Å². The molecule has 4 aromatic rings. The van der Waals surface area contributed by atoms with E-state index in [0.29, 0.717) is 16.3 Å². The first-order valence-corrected chi connectivity index (χ1v) is 10.8. The van der Waals surface area contributed by atoms with Gasteiger partial charge in [-0.15, -0.1) is 0 Å². The topological polar surface area (TPSA) is 118 Å². The van der Waals surface area contributed by atoms with Crippen molar-refractivity contribution in [3.63, 3.8) is 0 Å². The fourth-order valence-corrected chi connectivity index (χ4v) is 3.79. The minimum Gasteiger partial charge on any atom is -0.388 e. The Morgan fingerprint density at radius 1 is 1.23 bits per heavy atom. The molecule has 0 saturated heterocycles. The van der Waals surface area contributed by atoms with Gasteiger partial charge in [0.05, 0.1) is 28.6 Å². The SMILES string of the molecule is Cc1ncc(-c2cc(C(F)(F)F)c3c(N)ncnn23)cc1C(=O)NCC[C@H](O)c1ccc(Cl)cc1. The second kappa shape index (κ2) is 9.51. The molecule has 0 saturated carbocycles. The smallest absolute Gasteiger partial charge is 0.388 e. The number of aliphatic hydroxyl groups excluding tert-OH is 1. The van der Waals surface area contributed by atoms with Crippen LogP contribution in [0, 0.1) is 6.92 Å². The van der Waals surface area contributed by atoms with E-state index in [9.17, 15) is 23.1 Å². The van der Waals surface area contributed by atoms with Gasteiger partial charge in [-0.1, -0.05) is 23.7 Å². The number of carbonyl (C=O) groups excluding carboxylic acids is 1. The molecule has 0 aliphatic carbocycles. The fraction of sp³-hybridized carbons (Fsp3) is 0.217. The van der Waals surface area contributed by atoms with E-state index in [4.69, 9.17) is 17.3 Å². The predicted molar refractivity (Wildman–Crippen MR) is 124 cm³/mol. The zero-order chi connectivity index (χ0) is 25.3. The van der Waals surface area contributed by atoms with E-state index >= 15 is 0 Å². The first-order valence-electron chi connectivity index (χ1n) is 10.4. The van der Waals surface area contributed by atoms with Gasteiger partial charge in [0.2, 0.25) is 0 Å². The van der Waals surface area contributed by atoms with Crippen LogP contribution in [0.4, 0.5) is 19.0 Å². The van der Waals surface area contributed by atoms with Gasteiger partial charge in [0.15, 0.2) is 5.82 Å². The van der Waals surface area contributed by atoms with Crippen LogP contribution in [0.3, 0.4) is 0 Å². The molecule has 0 bridgehead atoms. The van der Waals surface area contributed by atoms with Crippen LogP contribution in [0.15, 0.2) is 48.9 Å². The van der Waals surface area contributed by atoms with Crippen LogP contribution in [0.1, 0.15) is 39.7 Å². The highest BCUT2D eigenvalue weighted by molar-refractivity contribution is 6.30. The number of halogens is 4. The molecular formula is C23H20ClF3N6O2. The van der Waals surface area contributed by atoms with Gasteiger partial charge in [-0.2, -0.15) is 18.3 Å². The number of nitrogen functional groups attached to an aromatic ring is 1. The summed E-state index contributed by atoms with van der Waals surface area (Å²) < 4.78 is 41.9. The van der Waals surface area contributed by atoms with E-state index < -0.39 is 23.8 Å². The molecule has 3 heterocycles. The summed E-state index contributed by atoms with van der Waals surface area (Å²) in [7, 11) is 0. The van der Waals surface area contributed by atoms with E-state index in [2.05, 4.69) is 20.4 Å². The maximum atomic E-state index is 13.6. The zero-order valence-corrected chi connectivity index (χ0v) is 19.1. The van der Waals surface area contributed by atoms with E-state index in [-0.39, 0.29) is 41.1 Å². The molecule has 8 nitrogen and oxygen atoms in total. The van der Waals surface area contributed by atoms with Gasteiger partial charge in [0.1, 0.15) is 11.8 Å². The van der Waals surface area contributed by atoms with Crippen molar-refractivity contribution in [2.45, 2.75) is 25.6 Å². The minimum absolute atomic E-state index is 0.0566. The first-order chi connectivity index (χ1) is 16.6. The van der Waals surface area contributed by atoms with Crippen molar-refractivity contribution in [1.29, 1.82) is 0 Å². The fourth-order valence-electron chi connectivity index (χ4n) is 3.66. The molecule has 1 amide bonds. The number of nitrogens with zero attached hydrogens (tertiary/aromatic N) is 4. The molecule has 182 valence electrons. The second-order valence-electron chi connectivity index (χ2n) is 7.82. The van der Waals surface area contributed by atoms with Crippen molar-refractivity contribution in [3.8, 4) is 11.3 Å². The summed E-state index contributed by atoms with van der Waals surface area (Å²) in [5, 5.41) is 17.5. The van der Waals surface area contributed by atoms with Crippen LogP contribution in [0.2, 0.25) is 5.02 Å². The molecule has 0 aliphatic heterocycles. The van der Waals surface area contributed by atoms with Crippen LogP contribution >= 0.6 is 11.6 Å². The number of anilines is 1. The molecule has 0 radical (unpaired) electrons. The Kier molecular flexibility index (Phi) is 6.64. The van der Waals surface area contributed by atoms with Gasteiger partial charge >= 0.3 is 6.18 Å². The molecular weight excluding hydrogens is 485 g/mol. The van der Waals surface area contributed by atoms with Gasteiger partial charge in [-0.25, -0.2) is 9.50 Å². The lowest BCUT2D eigenvalue weighted by Crippen LogP contribution is -2.26. The van der Waals surface area contributed by atoms with E-state index in [1.54, 1.807) is 31.2 Å². The third-order valence-corrected chi connectivity index (χ3v) is 5.73. The molecule has 0 fully saturated rings. The molecule has 0 aliphatic rings. The van der Waals surface area contributed by atoms with E-state index in [1.165, 1.54) is 12.3 Å². The Labute approximate surface area is 202 Å². The molecule has 4 N–H and O–H groups in total. The van der Waals surface area contributed by atoms with Crippen molar-refractivity contribution < 1.29 is 23.1 Å². The average molecular weight is 505 g/mol. The van der Waals surface area contributed by atoms with Crippen LogP contribution in [0.5, 0.6) is 0 Å². The number of carbonyl (C=O) groups is 1. The number of hydrogen-bond acceptors (Lipinski definition) is 6. The number of nitrogens with two attached hydrogens (primary N) is 1. The Morgan fingerprint density at radius 2 is 1.94 bits per heavy atom. The largest absolute Gasteiger partial charge is 0.418 e. The molecule has 35 heavy (non-hydrogen) atoms. The van der Waals surface area contributed by atoms with Crippen molar-refractivity contribution in [2.24, 2.45) is 0 Å². The maximum absolute atomic E-state index is 13.6. The van der Waals surface area contributed by atoms with Gasteiger partial charge < -0.3 is 16.2 Å². The quantitative estimate of drug-likeness (QED) is 0.362. The van der Waals surface area contributed by atoms with Gasteiger partial charge in [0.25, 0.3) is 5.91 Å². The summed E-state index contributed by atoms with van der Waals surface area (Å²) in [5.74, 6) is -0.804. The predicted octanol–water partition coefficient (Wildman–Crippen LogP) is 4.21. The van der Waals surface area contributed by atoms with Crippen molar-refractivity contribution >= 4 is 28.8 Å². The summed E-state index contributed by atoms with van der Waals surface area (Å²) >= 11 is 5.85. The average Bonchev–Trinajstić information content (AvgIpc) is 3.21. The lowest BCUT2D eigenvalue weighted by molar-refractivity contribution is -0.136. The Morgan fingerprint density at radius 3 is 2.63 bits per heavy atom. The summed E-state index contributed by atoms with van der Waals surface area (Å²) in [6.07, 6.45) is -2.85. The molecule has 0 unspecified atom stereocenters. The third kappa shape index (κ3) is 5.05. The summed E-state index contributed by atoms with van der Waals surface area (Å²) in [5.41, 5.74) is 5.84. The third-order valence-electron chi connectivity index (χ3n) is 5.47. The van der Waals surface area contributed by atoms with E-state index in [0.717, 1.165) is 16.9 Å². The van der Waals surface area contributed by atoms with Gasteiger partial charge in [-0.05, 0) is 43.2 Å². The molecule has 3 aromatic heterocycles. The number of aromatic nitrogens is 4. The highest BCUT2D eigenvalue weighted by Crippen LogP contribution is 2.38. The van der Waals surface area contributed by atoms with Gasteiger partial charge in [0, 0.05) is 23.3 Å². The number of nitrogens with one attached hydrogen (secondary N) is 1. The van der Waals surface area contributed by atoms with Crippen LogP contribution < -0.4 is 11.1 Å². The molecule has 0 spiro atoms. The zero-order valence-electron chi connectivity index (χ0n) is 18.3. The standard InChI is InChI=1S/C23H20ClF3N6O2/c1-12-16(22(35)29-7-6-19(34)13-2-4-15(24)5-3-13)8-14(10-30-12)18-9-17(23(25,26)27)20-21(28)31-11-32-33(18)20/h2-5,8-11,19,34H,6-7H2,1H3,(H,29,35)(H2,28,31,32)/t19-/m0/s1. The highest BCUT2D eigenvalue weighted by atomic mass is 35.5. The second-order valence-corrected chi connectivity index (χ2v) is 8.25. The first kappa shape index (κ1) is 24.4. The number of aliphatic hydroxyl groups is 1. The van der Waals surface area contributed by atoms with Crippen LogP contribution in [-0.2, 0) is 6.18 Å². The Balaban J connectivity index is 1.58. The lowest BCUT2D eigenvalue weighted by atomic mass is 10.1. The number of pyridine rings is 1. The number of amides is 1.